The smallest absolute Gasteiger partial charge is 0.120 e. The van der Waals surface area contributed by atoms with Gasteiger partial charge >= 0.3 is 0 Å². The molecule has 0 aliphatic carbocycles. The van der Waals surface area contributed by atoms with Gasteiger partial charge in [0.05, 0.1) is 12.1 Å². The van der Waals surface area contributed by atoms with Crippen LogP contribution in [0.25, 0.3) is 10.9 Å². The molecule has 0 radical (unpaired) electrons. The van der Waals surface area contributed by atoms with E-state index in [-0.39, 0.29) is 0 Å². The van der Waals surface area contributed by atoms with Crippen LogP contribution in [0.4, 0.5) is 0 Å². The molecule has 0 atom stereocenters. The van der Waals surface area contributed by atoms with E-state index in [1.54, 1.807) is 0 Å². The lowest BCUT2D eigenvalue weighted by Crippen LogP contribution is -1.91. The molecular formula is C13H15I2NO. The highest BCUT2D eigenvalue weighted by molar-refractivity contribution is 14.1. The third kappa shape index (κ3) is 4.95. The molecule has 4 heteroatoms. The Bertz CT molecular complexity index is 474. The van der Waals surface area contributed by atoms with E-state index in [0.29, 0.717) is 6.61 Å². The fourth-order valence-corrected chi connectivity index (χ4v) is 1.77. The maximum atomic E-state index is 5.41. The molecule has 2 rings (SSSR count). The standard InChI is InChI=1S/C11H10INO.C2H5I/c1-2-14-9-4-5-10-8(7-9)3-6-11(12)13-10;1-2-3/h3-7H,2H2,1H3;2H2,1H3. The topological polar surface area (TPSA) is 22.1 Å². The number of pyridine rings is 1. The van der Waals surface area contributed by atoms with E-state index in [1.165, 1.54) is 4.43 Å². The van der Waals surface area contributed by atoms with E-state index in [4.69, 9.17) is 4.74 Å². The van der Waals surface area contributed by atoms with Crippen LogP contribution in [0.3, 0.4) is 0 Å². The minimum atomic E-state index is 0.698. The molecule has 0 N–H and O–H groups in total. The minimum absolute atomic E-state index is 0.698. The van der Waals surface area contributed by atoms with Crippen LogP contribution in [-0.2, 0) is 0 Å². The first-order valence-corrected chi connectivity index (χ1v) is 8.06. The van der Waals surface area contributed by atoms with E-state index in [2.05, 4.69) is 63.2 Å². The molecule has 2 nitrogen and oxygen atoms in total. The van der Waals surface area contributed by atoms with E-state index >= 15 is 0 Å². The number of rotatable bonds is 2. The van der Waals surface area contributed by atoms with Crippen LogP contribution in [0.2, 0.25) is 0 Å². The molecule has 17 heavy (non-hydrogen) atoms. The van der Waals surface area contributed by atoms with Crippen molar-refractivity contribution in [2.75, 3.05) is 11.0 Å². The van der Waals surface area contributed by atoms with Gasteiger partial charge in [0.25, 0.3) is 0 Å². The second-order valence-corrected chi connectivity index (χ2v) is 5.82. The number of halogens is 2. The van der Waals surface area contributed by atoms with Gasteiger partial charge < -0.3 is 4.74 Å². The molecule has 0 amide bonds. The summed E-state index contributed by atoms with van der Waals surface area (Å²) >= 11 is 4.50. The number of hydrogen-bond acceptors (Lipinski definition) is 2. The average molecular weight is 455 g/mol. The molecule has 0 unspecified atom stereocenters. The van der Waals surface area contributed by atoms with Gasteiger partial charge in [0.2, 0.25) is 0 Å². The van der Waals surface area contributed by atoms with Gasteiger partial charge in [-0.25, -0.2) is 4.98 Å². The van der Waals surface area contributed by atoms with Gasteiger partial charge in [0, 0.05) is 5.39 Å². The molecule has 0 saturated carbocycles. The third-order valence-corrected chi connectivity index (χ3v) is 2.54. The second-order valence-electron chi connectivity index (χ2n) is 3.19. The molecule has 2 aromatic rings. The number of alkyl halides is 1. The Balaban J connectivity index is 0.000000437. The molecule has 92 valence electrons. The Morgan fingerprint density at radius 2 is 1.88 bits per heavy atom. The predicted octanol–water partition coefficient (Wildman–Crippen LogP) is 4.68. The highest BCUT2D eigenvalue weighted by atomic mass is 127. The number of nitrogens with zero attached hydrogens (tertiary/aromatic N) is 1. The number of ether oxygens (including phenoxy) is 1. The van der Waals surface area contributed by atoms with Crippen molar-refractivity contribution >= 4 is 56.1 Å². The fourth-order valence-electron chi connectivity index (χ4n) is 1.34. The third-order valence-electron chi connectivity index (χ3n) is 1.94. The molecule has 0 spiro atoms. The zero-order valence-electron chi connectivity index (χ0n) is 9.91. The number of benzene rings is 1. The summed E-state index contributed by atoms with van der Waals surface area (Å²) in [5, 5.41) is 1.12. The SMILES string of the molecule is CCI.CCOc1ccc2nc(I)ccc2c1. The highest BCUT2D eigenvalue weighted by Crippen LogP contribution is 2.20. The first-order valence-electron chi connectivity index (χ1n) is 5.46. The Hall–Kier alpha value is -0.110. The van der Waals surface area contributed by atoms with Crippen LogP contribution < -0.4 is 4.74 Å². The Labute approximate surface area is 129 Å². The fraction of sp³-hybridized carbons (Fsp3) is 0.308. The normalized spacial score (nSPS) is 9.65. The summed E-state index contributed by atoms with van der Waals surface area (Å²) < 4.78 is 7.65. The summed E-state index contributed by atoms with van der Waals surface area (Å²) in [6.45, 7) is 4.79. The predicted molar refractivity (Wildman–Crippen MR) is 90.2 cm³/mol. The monoisotopic (exact) mass is 455 g/mol. The minimum Gasteiger partial charge on any atom is -0.494 e. The number of aromatic nitrogens is 1. The quantitative estimate of drug-likeness (QED) is 0.373. The van der Waals surface area contributed by atoms with E-state index in [9.17, 15) is 0 Å². The maximum absolute atomic E-state index is 5.41. The molecule has 0 saturated heterocycles. The van der Waals surface area contributed by atoms with Crippen LogP contribution in [0.5, 0.6) is 5.75 Å². The molecule has 1 aromatic heterocycles. The summed E-state index contributed by atoms with van der Waals surface area (Å²) in [5.41, 5.74) is 1.01. The van der Waals surface area contributed by atoms with Gasteiger partial charge in [-0.15, -0.1) is 0 Å². The lowest BCUT2D eigenvalue weighted by atomic mass is 10.2. The molecule has 1 heterocycles. The molecule has 0 aliphatic heterocycles. The van der Waals surface area contributed by atoms with Crippen molar-refractivity contribution in [1.29, 1.82) is 0 Å². The lowest BCUT2D eigenvalue weighted by Gasteiger charge is -2.04. The number of fused-ring (bicyclic) bond motifs is 1. The molecule has 0 fully saturated rings. The summed E-state index contributed by atoms with van der Waals surface area (Å²) in [4.78, 5) is 4.41. The Morgan fingerprint density at radius 3 is 2.53 bits per heavy atom. The van der Waals surface area contributed by atoms with Crippen molar-refractivity contribution < 1.29 is 4.74 Å². The van der Waals surface area contributed by atoms with Crippen molar-refractivity contribution in [2.24, 2.45) is 0 Å². The van der Waals surface area contributed by atoms with Gasteiger partial charge in [0.15, 0.2) is 0 Å². The van der Waals surface area contributed by atoms with Gasteiger partial charge in [-0.3, -0.25) is 0 Å². The van der Waals surface area contributed by atoms with Crippen LogP contribution in [0, 0.1) is 3.70 Å². The largest absolute Gasteiger partial charge is 0.494 e. The van der Waals surface area contributed by atoms with Crippen molar-refractivity contribution in [1.82, 2.24) is 4.98 Å². The lowest BCUT2D eigenvalue weighted by molar-refractivity contribution is 0.340. The van der Waals surface area contributed by atoms with E-state index in [1.807, 2.05) is 31.2 Å². The van der Waals surface area contributed by atoms with Gasteiger partial charge in [-0.05, 0) is 58.2 Å². The van der Waals surface area contributed by atoms with Gasteiger partial charge in [-0.2, -0.15) is 0 Å². The second kappa shape index (κ2) is 8.07. The molecular weight excluding hydrogens is 440 g/mol. The molecule has 0 aliphatic rings. The van der Waals surface area contributed by atoms with Crippen LogP contribution in [0.15, 0.2) is 30.3 Å². The maximum Gasteiger partial charge on any atom is 0.120 e. The van der Waals surface area contributed by atoms with Crippen LogP contribution >= 0.6 is 45.2 Å². The zero-order valence-corrected chi connectivity index (χ0v) is 14.2. The highest BCUT2D eigenvalue weighted by Gasteiger charge is 1.98. The summed E-state index contributed by atoms with van der Waals surface area (Å²) in [6.07, 6.45) is 0. The van der Waals surface area contributed by atoms with E-state index in [0.717, 1.165) is 20.4 Å². The summed E-state index contributed by atoms with van der Waals surface area (Å²) in [6, 6.07) is 10.0. The summed E-state index contributed by atoms with van der Waals surface area (Å²) in [5.74, 6) is 0.906. The Kier molecular flexibility index (Phi) is 7.10. The molecule has 1 aromatic carbocycles. The van der Waals surface area contributed by atoms with Gasteiger partial charge in [-0.1, -0.05) is 35.6 Å². The van der Waals surface area contributed by atoms with E-state index < -0.39 is 0 Å². The average Bonchev–Trinajstić information content (AvgIpc) is 2.31. The summed E-state index contributed by atoms with van der Waals surface area (Å²) in [7, 11) is 0. The Morgan fingerprint density at radius 1 is 1.18 bits per heavy atom. The van der Waals surface area contributed by atoms with Gasteiger partial charge in [0.1, 0.15) is 9.45 Å². The zero-order chi connectivity index (χ0) is 12.7. The first-order chi connectivity index (χ1) is 8.21. The number of hydrogen-bond donors (Lipinski definition) is 0. The van der Waals surface area contributed by atoms with Crippen molar-refractivity contribution in [3.63, 3.8) is 0 Å². The van der Waals surface area contributed by atoms with Crippen LogP contribution in [-0.4, -0.2) is 16.0 Å². The van der Waals surface area contributed by atoms with Crippen molar-refractivity contribution in [2.45, 2.75) is 13.8 Å². The first kappa shape index (κ1) is 14.9. The molecule has 0 bridgehead atoms. The van der Waals surface area contributed by atoms with Crippen molar-refractivity contribution in [3.05, 3.63) is 34.0 Å². The van der Waals surface area contributed by atoms with Crippen molar-refractivity contribution in [3.8, 4) is 5.75 Å². The van der Waals surface area contributed by atoms with Crippen LogP contribution in [0.1, 0.15) is 13.8 Å².